The summed E-state index contributed by atoms with van der Waals surface area (Å²) in [5.74, 6) is -1.13. The number of primary amides is 1. The standard InChI is InChI=1S/C7H10N4O3S/c1-2-4-6(15-11-9-4)7(13)10-14-3-5(8)12/h2-3H2,1H3,(H2,8,12)(H,10,13). The van der Waals surface area contributed by atoms with Crippen molar-refractivity contribution in [3.63, 3.8) is 0 Å². The maximum absolute atomic E-state index is 11.4. The van der Waals surface area contributed by atoms with Crippen LogP contribution in [-0.2, 0) is 16.1 Å². The van der Waals surface area contributed by atoms with E-state index in [0.717, 1.165) is 11.5 Å². The van der Waals surface area contributed by atoms with Gasteiger partial charge in [0.05, 0.1) is 5.69 Å². The van der Waals surface area contributed by atoms with E-state index in [2.05, 4.69) is 19.9 Å². The Balaban J connectivity index is 2.50. The molecule has 3 N–H and O–H groups in total. The summed E-state index contributed by atoms with van der Waals surface area (Å²) in [6.07, 6.45) is 0.606. The molecule has 82 valence electrons. The quantitative estimate of drug-likeness (QED) is 0.647. The van der Waals surface area contributed by atoms with Gasteiger partial charge in [0, 0.05) is 0 Å². The topological polar surface area (TPSA) is 107 Å². The number of carbonyl (C=O) groups is 2. The Labute approximate surface area is 89.7 Å². The normalized spacial score (nSPS) is 9.93. The summed E-state index contributed by atoms with van der Waals surface area (Å²) in [6.45, 7) is 1.50. The third-order valence-corrected chi connectivity index (χ3v) is 2.24. The Morgan fingerprint density at radius 1 is 1.60 bits per heavy atom. The van der Waals surface area contributed by atoms with Crippen molar-refractivity contribution in [2.24, 2.45) is 5.73 Å². The van der Waals surface area contributed by atoms with E-state index in [-0.39, 0.29) is 6.61 Å². The van der Waals surface area contributed by atoms with Gasteiger partial charge in [0.1, 0.15) is 4.88 Å². The Kier molecular flexibility index (Phi) is 4.13. The number of rotatable bonds is 5. The van der Waals surface area contributed by atoms with Gasteiger partial charge in [-0.1, -0.05) is 11.4 Å². The Hall–Kier alpha value is -1.54. The van der Waals surface area contributed by atoms with E-state index < -0.39 is 11.8 Å². The molecule has 2 amide bonds. The average Bonchev–Trinajstić information content (AvgIpc) is 2.64. The third-order valence-electron chi connectivity index (χ3n) is 1.48. The van der Waals surface area contributed by atoms with Gasteiger partial charge < -0.3 is 5.73 Å². The molecule has 0 atom stereocenters. The van der Waals surface area contributed by atoms with Gasteiger partial charge in [0.2, 0.25) is 5.91 Å². The average molecular weight is 230 g/mol. The number of nitrogens with zero attached hydrogens (tertiary/aromatic N) is 2. The summed E-state index contributed by atoms with van der Waals surface area (Å²) in [7, 11) is 0. The molecule has 0 saturated carbocycles. The molecule has 0 fully saturated rings. The first-order valence-corrected chi connectivity index (χ1v) is 4.94. The van der Waals surface area contributed by atoms with Gasteiger partial charge in [-0.3, -0.25) is 14.4 Å². The summed E-state index contributed by atoms with van der Waals surface area (Å²) >= 11 is 0.972. The molecule has 1 aromatic rings. The Morgan fingerprint density at radius 3 is 2.93 bits per heavy atom. The van der Waals surface area contributed by atoms with E-state index in [1.165, 1.54) is 0 Å². The fourth-order valence-electron chi connectivity index (χ4n) is 0.832. The van der Waals surface area contributed by atoms with Crippen LogP contribution in [0.3, 0.4) is 0 Å². The van der Waals surface area contributed by atoms with Crippen LogP contribution in [0.25, 0.3) is 0 Å². The number of hydrogen-bond donors (Lipinski definition) is 2. The van der Waals surface area contributed by atoms with Crippen molar-refractivity contribution >= 4 is 23.3 Å². The molecule has 0 spiro atoms. The number of nitrogens with one attached hydrogen (secondary N) is 1. The van der Waals surface area contributed by atoms with Crippen molar-refractivity contribution in [1.82, 2.24) is 15.1 Å². The largest absolute Gasteiger partial charge is 0.368 e. The number of nitrogens with two attached hydrogens (primary N) is 1. The van der Waals surface area contributed by atoms with Gasteiger partial charge in [-0.15, -0.1) is 5.10 Å². The zero-order chi connectivity index (χ0) is 11.3. The maximum atomic E-state index is 11.4. The van der Waals surface area contributed by atoms with Gasteiger partial charge in [0.15, 0.2) is 6.61 Å². The van der Waals surface area contributed by atoms with Crippen LogP contribution < -0.4 is 11.2 Å². The molecule has 7 nitrogen and oxygen atoms in total. The maximum Gasteiger partial charge on any atom is 0.288 e. The molecule has 0 unspecified atom stereocenters. The first-order chi connectivity index (χ1) is 7.15. The van der Waals surface area contributed by atoms with E-state index in [1.54, 1.807) is 0 Å². The number of aromatic nitrogens is 2. The molecule has 1 aromatic heterocycles. The number of hydrogen-bond acceptors (Lipinski definition) is 6. The van der Waals surface area contributed by atoms with Gasteiger partial charge in [-0.2, -0.15) is 0 Å². The minimum Gasteiger partial charge on any atom is -0.368 e. The zero-order valence-corrected chi connectivity index (χ0v) is 8.84. The molecular weight excluding hydrogens is 220 g/mol. The van der Waals surface area contributed by atoms with Gasteiger partial charge in [0.25, 0.3) is 5.91 Å². The summed E-state index contributed by atoms with van der Waals surface area (Å²) < 4.78 is 3.64. The highest BCUT2D eigenvalue weighted by Crippen LogP contribution is 2.10. The van der Waals surface area contributed by atoms with E-state index in [0.29, 0.717) is 17.0 Å². The van der Waals surface area contributed by atoms with Crippen molar-refractivity contribution in [1.29, 1.82) is 0 Å². The molecule has 0 aliphatic carbocycles. The molecule has 0 bridgehead atoms. The van der Waals surface area contributed by atoms with Crippen molar-refractivity contribution in [3.05, 3.63) is 10.6 Å². The minimum absolute atomic E-state index is 0.362. The van der Waals surface area contributed by atoms with Crippen molar-refractivity contribution in [3.8, 4) is 0 Å². The Morgan fingerprint density at radius 2 is 2.33 bits per heavy atom. The van der Waals surface area contributed by atoms with Gasteiger partial charge >= 0.3 is 0 Å². The summed E-state index contributed by atoms with van der Waals surface area (Å²) in [5, 5.41) is 3.76. The van der Waals surface area contributed by atoms with Crippen LogP contribution in [0.5, 0.6) is 0 Å². The zero-order valence-electron chi connectivity index (χ0n) is 8.02. The number of carbonyl (C=O) groups excluding carboxylic acids is 2. The number of hydroxylamine groups is 1. The smallest absolute Gasteiger partial charge is 0.288 e. The molecule has 0 saturated heterocycles. The van der Waals surface area contributed by atoms with Crippen LogP contribution in [-0.4, -0.2) is 28.0 Å². The van der Waals surface area contributed by atoms with Crippen LogP contribution in [0.2, 0.25) is 0 Å². The summed E-state index contributed by atoms with van der Waals surface area (Å²) in [4.78, 5) is 26.7. The lowest BCUT2D eigenvalue weighted by atomic mass is 10.3. The fraction of sp³-hybridized carbons (Fsp3) is 0.429. The second kappa shape index (κ2) is 5.37. The van der Waals surface area contributed by atoms with Crippen LogP contribution >= 0.6 is 11.5 Å². The number of aryl methyl sites for hydroxylation is 1. The van der Waals surface area contributed by atoms with Crippen LogP contribution in [0.4, 0.5) is 0 Å². The second-order valence-electron chi connectivity index (χ2n) is 2.59. The molecule has 0 aliphatic heterocycles. The lowest BCUT2D eigenvalue weighted by Gasteiger charge is -2.02. The molecule has 0 radical (unpaired) electrons. The highest BCUT2D eigenvalue weighted by molar-refractivity contribution is 7.07. The predicted molar refractivity (Wildman–Crippen MR) is 51.9 cm³/mol. The van der Waals surface area contributed by atoms with Crippen LogP contribution in [0.15, 0.2) is 0 Å². The monoisotopic (exact) mass is 230 g/mol. The molecule has 15 heavy (non-hydrogen) atoms. The SMILES string of the molecule is CCc1nnsc1C(=O)NOCC(N)=O. The van der Waals surface area contributed by atoms with Crippen molar-refractivity contribution in [2.75, 3.05) is 6.61 Å². The van der Waals surface area contributed by atoms with E-state index in [4.69, 9.17) is 5.73 Å². The molecule has 8 heteroatoms. The highest BCUT2D eigenvalue weighted by Gasteiger charge is 2.14. The Bertz CT molecular complexity index is 365. The van der Waals surface area contributed by atoms with Crippen molar-refractivity contribution in [2.45, 2.75) is 13.3 Å². The first-order valence-electron chi connectivity index (χ1n) is 4.16. The molecule has 0 aliphatic rings. The highest BCUT2D eigenvalue weighted by atomic mass is 32.1. The molecule has 0 aromatic carbocycles. The molecular formula is C7H10N4O3S. The third kappa shape index (κ3) is 3.26. The van der Waals surface area contributed by atoms with Gasteiger partial charge in [-0.25, -0.2) is 5.48 Å². The lowest BCUT2D eigenvalue weighted by Crippen LogP contribution is -2.29. The van der Waals surface area contributed by atoms with Gasteiger partial charge in [-0.05, 0) is 18.0 Å². The molecule has 1 rings (SSSR count). The summed E-state index contributed by atoms with van der Waals surface area (Å²) in [6, 6.07) is 0. The van der Waals surface area contributed by atoms with Crippen LogP contribution in [0.1, 0.15) is 22.3 Å². The van der Waals surface area contributed by atoms with E-state index in [9.17, 15) is 9.59 Å². The van der Waals surface area contributed by atoms with E-state index >= 15 is 0 Å². The lowest BCUT2D eigenvalue weighted by molar-refractivity contribution is -0.124. The second-order valence-corrected chi connectivity index (χ2v) is 3.34. The first kappa shape index (κ1) is 11.5. The summed E-state index contributed by atoms with van der Waals surface area (Å²) in [5.41, 5.74) is 7.50. The van der Waals surface area contributed by atoms with E-state index in [1.807, 2.05) is 6.92 Å². The molecule has 1 heterocycles. The predicted octanol–water partition coefficient (Wildman–Crippen LogP) is -0.753. The number of amides is 2. The van der Waals surface area contributed by atoms with Crippen LogP contribution in [0, 0.1) is 0 Å². The minimum atomic E-state index is -0.659. The fourth-order valence-corrected chi connectivity index (χ4v) is 1.47. The van der Waals surface area contributed by atoms with Crippen molar-refractivity contribution < 1.29 is 14.4 Å².